The highest BCUT2D eigenvalue weighted by molar-refractivity contribution is 5.10. The summed E-state index contributed by atoms with van der Waals surface area (Å²) in [6, 6.07) is 0.129. The van der Waals surface area contributed by atoms with E-state index in [4.69, 9.17) is 10.6 Å². The second-order valence-corrected chi connectivity index (χ2v) is 6.10. The molecule has 20 heavy (non-hydrogen) atoms. The van der Waals surface area contributed by atoms with E-state index in [9.17, 15) is 0 Å². The zero-order chi connectivity index (χ0) is 14.6. The van der Waals surface area contributed by atoms with E-state index in [0.717, 1.165) is 25.8 Å². The summed E-state index contributed by atoms with van der Waals surface area (Å²) in [5, 5.41) is 4.34. The predicted molar refractivity (Wildman–Crippen MR) is 80.1 cm³/mol. The number of aromatic nitrogens is 2. The number of hydrazine groups is 1. The number of nitrogens with two attached hydrogens (primary N) is 1. The fraction of sp³-hybridized carbons (Fsp3) is 0.800. The van der Waals surface area contributed by atoms with Gasteiger partial charge in [-0.25, -0.2) is 0 Å². The molecule has 3 N–H and O–H groups in total. The summed E-state index contributed by atoms with van der Waals surface area (Å²) in [5.41, 5.74) is 4.06. The maximum atomic E-state index is 5.94. The smallest absolute Gasteiger partial charge is 0.0850 e. The van der Waals surface area contributed by atoms with E-state index >= 15 is 0 Å². The molecule has 5 heteroatoms. The van der Waals surface area contributed by atoms with Gasteiger partial charge in [-0.1, -0.05) is 19.8 Å². The Bertz CT molecular complexity index is 420. The molecule has 1 heterocycles. The van der Waals surface area contributed by atoms with Crippen molar-refractivity contribution in [2.45, 2.75) is 64.1 Å². The van der Waals surface area contributed by atoms with E-state index in [1.165, 1.54) is 18.4 Å². The molecule has 3 unspecified atom stereocenters. The van der Waals surface area contributed by atoms with Crippen LogP contribution in [0.4, 0.5) is 0 Å². The molecule has 0 radical (unpaired) electrons. The van der Waals surface area contributed by atoms with Gasteiger partial charge in [0.05, 0.1) is 17.8 Å². The second-order valence-electron chi connectivity index (χ2n) is 6.10. The average Bonchev–Trinajstić information content (AvgIpc) is 2.92. The molecule has 1 aromatic rings. The fourth-order valence-corrected chi connectivity index (χ4v) is 3.51. The first-order chi connectivity index (χ1) is 9.63. The Hall–Kier alpha value is -0.910. The summed E-state index contributed by atoms with van der Waals surface area (Å²) >= 11 is 0. The van der Waals surface area contributed by atoms with E-state index in [-0.39, 0.29) is 11.6 Å². The van der Waals surface area contributed by atoms with E-state index < -0.39 is 0 Å². The maximum Gasteiger partial charge on any atom is 0.0850 e. The van der Waals surface area contributed by atoms with Crippen LogP contribution in [-0.4, -0.2) is 28.5 Å². The van der Waals surface area contributed by atoms with Gasteiger partial charge in [0.2, 0.25) is 0 Å². The number of methoxy groups -OCH3 is 1. The minimum atomic E-state index is -0.152. The number of nitrogens with zero attached hydrogens (tertiary/aromatic N) is 2. The lowest BCUT2D eigenvalue weighted by atomic mass is 9.73. The second kappa shape index (κ2) is 6.70. The molecule has 0 saturated heterocycles. The van der Waals surface area contributed by atoms with Crippen molar-refractivity contribution in [3.63, 3.8) is 0 Å². The zero-order valence-corrected chi connectivity index (χ0v) is 12.9. The first kappa shape index (κ1) is 15.5. The molecule has 2 rings (SSSR count). The lowest BCUT2D eigenvalue weighted by molar-refractivity contribution is -0.0791. The van der Waals surface area contributed by atoms with Gasteiger partial charge in [0.15, 0.2) is 0 Å². The minimum absolute atomic E-state index is 0.129. The monoisotopic (exact) mass is 280 g/mol. The van der Waals surface area contributed by atoms with Crippen LogP contribution in [0.25, 0.3) is 0 Å². The topological polar surface area (TPSA) is 65.1 Å². The molecule has 1 aliphatic carbocycles. The van der Waals surface area contributed by atoms with Crippen LogP contribution in [0.15, 0.2) is 12.4 Å². The number of nitrogens with one attached hydrogen (secondary N) is 1. The molecule has 114 valence electrons. The summed E-state index contributed by atoms with van der Waals surface area (Å²) in [4.78, 5) is 0. The summed E-state index contributed by atoms with van der Waals surface area (Å²) in [7, 11) is 1.82. The van der Waals surface area contributed by atoms with Gasteiger partial charge in [-0.2, -0.15) is 5.10 Å². The van der Waals surface area contributed by atoms with Crippen molar-refractivity contribution in [1.29, 1.82) is 0 Å². The molecule has 1 fully saturated rings. The van der Waals surface area contributed by atoms with Gasteiger partial charge < -0.3 is 4.74 Å². The summed E-state index contributed by atoms with van der Waals surface area (Å²) < 4.78 is 7.89. The van der Waals surface area contributed by atoms with Crippen LogP contribution in [0.3, 0.4) is 0 Å². The molecule has 0 aliphatic heterocycles. The molecule has 0 aromatic carbocycles. The first-order valence-electron chi connectivity index (χ1n) is 7.66. The third-order valence-corrected chi connectivity index (χ3v) is 4.68. The molecule has 1 saturated carbocycles. The van der Waals surface area contributed by atoms with Crippen molar-refractivity contribution in [3.05, 3.63) is 18.0 Å². The van der Waals surface area contributed by atoms with Crippen LogP contribution < -0.4 is 11.3 Å². The molecule has 0 spiro atoms. The van der Waals surface area contributed by atoms with Crippen LogP contribution >= 0.6 is 0 Å². The Morgan fingerprint density at radius 3 is 3.00 bits per heavy atom. The van der Waals surface area contributed by atoms with Gasteiger partial charge >= 0.3 is 0 Å². The van der Waals surface area contributed by atoms with Gasteiger partial charge in [-0.15, -0.1) is 0 Å². The SMILES string of the molecule is CCn1cc(CC(NN)C2(OC)CCCC(C)C2)cn1. The highest BCUT2D eigenvalue weighted by atomic mass is 16.5. The van der Waals surface area contributed by atoms with Crippen LogP contribution in [0.5, 0.6) is 0 Å². The summed E-state index contributed by atoms with van der Waals surface area (Å²) in [6.07, 6.45) is 9.53. The molecule has 5 nitrogen and oxygen atoms in total. The minimum Gasteiger partial charge on any atom is -0.377 e. The summed E-state index contributed by atoms with van der Waals surface area (Å²) in [6.45, 7) is 5.29. The van der Waals surface area contributed by atoms with Crippen molar-refractivity contribution in [2.24, 2.45) is 11.8 Å². The molecule has 0 amide bonds. The Balaban J connectivity index is 2.12. The molecule has 1 aromatic heterocycles. The van der Waals surface area contributed by atoms with Gasteiger partial charge in [-0.3, -0.25) is 16.0 Å². The van der Waals surface area contributed by atoms with E-state index in [2.05, 4.69) is 30.6 Å². The van der Waals surface area contributed by atoms with Crippen molar-refractivity contribution in [3.8, 4) is 0 Å². The lowest BCUT2D eigenvalue weighted by Crippen LogP contribution is -2.57. The normalized spacial score (nSPS) is 28.5. The Morgan fingerprint density at radius 2 is 2.45 bits per heavy atom. The van der Waals surface area contributed by atoms with Gasteiger partial charge in [-0.05, 0) is 37.7 Å². The van der Waals surface area contributed by atoms with E-state index in [1.807, 2.05) is 18.0 Å². The molecule has 0 bridgehead atoms. The molecule has 3 atom stereocenters. The summed E-state index contributed by atoms with van der Waals surface area (Å²) in [5.74, 6) is 6.53. The third-order valence-electron chi connectivity index (χ3n) is 4.68. The largest absolute Gasteiger partial charge is 0.377 e. The van der Waals surface area contributed by atoms with Crippen molar-refractivity contribution < 1.29 is 4.74 Å². The number of aryl methyl sites for hydroxylation is 1. The maximum absolute atomic E-state index is 5.94. The van der Waals surface area contributed by atoms with Crippen molar-refractivity contribution in [1.82, 2.24) is 15.2 Å². The van der Waals surface area contributed by atoms with Crippen LogP contribution in [0.2, 0.25) is 0 Å². The van der Waals surface area contributed by atoms with Gasteiger partial charge in [0.25, 0.3) is 0 Å². The highest BCUT2D eigenvalue weighted by Crippen LogP contribution is 2.38. The quantitative estimate of drug-likeness (QED) is 0.617. The number of rotatable bonds is 6. The fourth-order valence-electron chi connectivity index (χ4n) is 3.51. The number of hydrogen-bond donors (Lipinski definition) is 2. The van der Waals surface area contributed by atoms with Gasteiger partial charge in [0, 0.05) is 19.9 Å². The Kier molecular flexibility index (Phi) is 5.18. The van der Waals surface area contributed by atoms with Crippen LogP contribution in [-0.2, 0) is 17.7 Å². The lowest BCUT2D eigenvalue weighted by Gasteiger charge is -2.44. The molecular formula is C15H28N4O. The van der Waals surface area contributed by atoms with Crippen molar-refractivity contribution in [2.75, 3.05) is 7.11 Å². The first-order valence-corrected chi connectivity index (χ1v) is 7.66. The zero-order valence-electron chi connectivity index (χ0n) is 12.9. The van der Waals surface area contributed by atoms with E-state index in [1.54, 1.807) is 0 Å². The average molecular weight is 280 g/mol. The van der Waals surface area contributed by atoms with E-state index in [0.29, 0.717) is 5.92 Å². The number of hydrogen-bond acceptors (Lipinski definition) is 4. The standard InChI is InChI=1S/C15H28N4O/c1-4-19-11-13(10-17-19)8-14(18-16)15(20-3)7-5-6-12(2)9-15/h10-12,14,18H,4-9,16H2,1-3H3. The molecular weight excluding hydrogens is 252 g/mol. The highest BCUT2D eigenvalue weighted by Gasteiger charge is 2.41. The number of ether oxygens (including phenoxy) is 1. The third kappa shape index (κ3) is 3.22. The predicted octanol–water partition coefficient (Wildman–Crippen LogP) is 1.87. The Morgan fingerprint density at radius 1 is 1.65 bits per heavy atom. The van der Waals surface area contributed by atoms with Crippen LogP contribution in [0.1, 0.15) is 45.1 Å². The van der Waals surface area contributed by atoms with Crippen LogP contribution in [0, 0.1) is 5.92 Å². The molecule has 1 aliphatic rings. The van der Waals surface area contributed by atoms with Crippen molar-refractivity contribution >= 4 is 0 Å². The van der Waals surface area contributed by atoms with Gasteiger partial charge in [0.1, 0.15) is 0 Å². The Labute approximate surface area is 121 Å².